The predicted octanol–water partition coefficient (Wildman–Crippen LogP) is 3.04. The van der Waals surface area contributed by atoms with Crippen LogP contribution in [0.25, 0.3) is 0 Å². The van der Waals surface area contributed by atoms with E-state index in [0.29, 0.717) is 22.2 Å². The van der Waals surface area contributed by atoms with Gasteiger partial charge in [0, 0.05) is 11.8 Å². The smallest absolute Gasteiger partial charge is 0.0645 e. The van der Waals surface area contributed by atoms with Crippen LogP contribution in [-0.4, -0.2) is 6.21 Å². The van der Waals surface area contributed by atoms with Crippen molar-refractivity contribution in [3.8, 4) is 0 Å². The number of halogens is 1. The zero-order valence-corrected chi connectivity index (χ0v) is 8.52. The van der Waals surface area contributed by atoms with Crippen molar-refractivity contribution in [1.29, 1.82) is 5.41 Å². The van der Waals surface area contributed by atoms with E-state index >= 15 is 0 Å². The summed E-state index contributed by atoms with van der Waals surface area (Å²) >= 11 is 5.91. The molecule has 0 amide bonds. The highest BCUT2D eigenvalue weighted by Gasteiger charge is 2.06. The molecule has 1 aromatic carbocycles. The standard InChI is InChI=1S/C10H13ClN2/c1-6(2)7-3-8(5-12)10(13)9(11)4-7/h3-6,12H,13H2,1-2H3. The summed E-state index contributed by atoms with van der Waals surface area (Å²) in [7, 11) is 0. The van der Waals surface area contributed by atoms with Crippen molar-refractivity contribution < 1.29 is 0 Å². The molecule has 0 bridgehead atoms. The quantitative estimate of drug-likeness (QED) is 0.555. The first-order valence-corrected chi connectivity index (χ1v) is 4.53. The molecule has 0 unspecified atom stereocenters. The molecule has 0 aliphatic rings. The highest BCUT2D eigenvalue weighted by atomic mass is 35.5. The number of rotatable bonds is 2. The normalized spacial score (nSPS) is 10.5. The summed E-state index contributed by atoms with van der Waals surface area (Å²) in [5, 5.41) is 7.69. The maximum Gasteiger partial charge on any atom is 0.0645 e. The van der Waals surface area contributed by atoms with Crippen molar-refractivity contribution in [3.63, 3.8) is 0 Å². The van der Waals surface area contributed by atoms with Gasteiger partial charge >= 0.3 is 0 Å². The average Bonchev–Trinajstić information content (AvgIpc) is 2.09. The Hall–Kier alpha value is -1.02. The first-order chi connectivity index (χ1) is 6.06. The monoisotopic (exact) mass is 196 g/mol. The molecule has 70 valence electrons. The molecule has 3 N–H and O–H groups in total. The lowest BCUT2D eigenvalue weighted by Gasteiger charge is -2.09. The summed E-state index contributed by atoms with van der Waals surface area (Å²) in [6, 6.07) is 3.76. The molecule has 0 aliphatic heterocycles. The maximum atomic E-state index is 7.16. The lowest BCUT2D eigenvalue weighted by molar-refractivity contribution is 0.867. The zero-order chi connectivity index (χ0) is 10.0. The van der Waals surface area contributed by atoms with Gasteiger partial charge in [0.2, 0.25) is 0 Å². The van der Waals surface area contributed by atoms with E-state index in [2.05, 4.69) is 13.8 Å². The van der Waals surface area contributed by atoms with E-state index in [0.717, 1.165) is 5.56 Å². The molecule has 3 heteroatoms. The van der Waals surface area contributed by atoms with Crippen LogP contribution >= 0.6 is 11.6 Å². The van der Waals surface area contributed by atoms with Crippen LogP contribution in [0.4, 0.5) is 5.69 Å². The second kappa shape index (κ2) is 3.79. The average molecular weight is 197 g/mol. The first kappa shape index (κ1) is 10.1. The number of hydrogen-bond donors (Lipinski definition) is 2. The third kappa shape index (κ3) is 2.01. The summed E-state index contributed by atoms with van der Waals surface area (Å²) in [6.45, 7) is 4.16. The van der Waals surface area contributed by atoms with E-state index in [-0.39, 0.29) is 0 Å². The zero-order valence-electron chi connectivity index (χ0n) is 7.76. The molecule has 0 aliphatic carbocycles. The molecular formula is C10H13ClN2. The van der Waals surface area contributed by atoms with Crippen molar-refractivity contribution in [2.45, 2.75) is 19.8 Å². The van der Waals surface area contributed by atoms with Gasteiger partial charge in [-0.05, 0) is 23.6 Å². The van der Waals surface area contributed by atoms with Gasteiger partial charge < -0.3 is 11.1 Å². The molecule has 0 saturated carbocycles. The molecule has 0 spiro atoms. The third-order valence-corrected chi connectivity index (χ3v) is 2.32. The summed E-state index contributed by atoms with van der Waals surface area (Å²) in [4.78, 5) is 0. The number of nitrogen functional groups attached to an aromatic ring is 1. The summed E-state index contributed by atoms with van der Waals surface area (Å²) < 4.78 is 0. The van der Waals surface area contributed by atoms with Crippen LogP contribution in [-0.2, 0) is 0 Å². The van der Waals surface area contributed by atoms with E-state index < -0.39 is 0 Å². The van der Waals surface area contributed by atoms with Crippen molar-refractivity contribution in [2.75, 3.05) is 5.73 Å². The van der Waals surface area contributed by atoms with Gasteiger partial charge in [-0.3, -0.25) is 0 Å². The Balaban J connectivity index is 3.30. The van der Waals surface area contributed by atoms with Gasteiger partial charge in [0.15, 0.2) is 0 Å². The molecule has 0 fully saturated rings. The van der Waals surface area contributed by atoms with E-state index in [1.165, 1.54) is 6.21 Å². The van der Waals surface area contributed by atoms with Crippen molar-refractivity contribution in [2.24, 2.45) is 0 Å². The molecule has 0 atom stereocenters. The van der Waals surface area contributed by atoms with E-state index in [4.69, 9.17) is 22.7 Å². The minimum absolute atomic E-state index is 0.400. The third-order valence-electron chi connectivity index (χ3n) is 2.01. The summed E-state index contributed by atoms with van der Waals surface area (Å²) in [5.74, 6) is 0.400. The van der Waals surface area contributed by atoms with Crippen molar-refractivity contribution in [3.05, 3.63) is 28.3 Å². The van der Waals surface area contributed by atoms with Gasteiger partial charge in [-0.15, -0.1) is 0 Å². The fourth-order valence-corrected chi connectivity index (χ4v) is 1.35. The Labute approximate surface area is 83.2 Å². The van der Waals surface area contributed by atoms with Gasteiger partial charge in [0.1, 0.15) is 0 Å². The van der Waals surface area contributed by atoms with Gasteiger partial charge in [-0.25, -0.2) is 0 Å². The second-order valence-electron chi connectivity index (χ2n) is 3.30. The Morgan fingerprint density at radius 1 is 1.46 bits per heavy atom. The number of hydrogen-bond acceptors (Lipinski definition) is 2. The lowest BCUT2D eigenvalue weighted by atomic mass is 10.00. The SMILES string of the molecule is CC(C)c1cc(Cl)c(N)c(C=N)c1. The minimum Gasteiger partial charge on any atom is -0.397 e. The number of nitrogens with two attached hydrogens (primary N) is 1. The van der Waals surface area contributed by atoms with Gasteiger partial charge in [0.05, 0.1) is 10.7 Å². The molecule has 2 nitrogen and oxygen atoms in total. The fraction of sp³-hybridized carbons (Fsp3) is 0.300. The molecule has 0 radical (unpaired) electrons. The Bertz CT molecular complexity index is 332. The van der Waals surface area contributed by atoms with Crippen LogP contribution in [0.2, 0.25) is 5.02 Å². The molecule has 1 aromatic rings. The number of benzene rings is 1. The maximum absolute atomic E-state index is 7.16. The largest absolute Gasteiger partial charge is 0.397 e. The molecule has 1 rings (SSSR count). The van der Waals surface area contributed by atoms with Gasteiger partial charge in [0.25, 0.3) is 0 Å². The Morgan fingerprint density at radius 2 is 2.08 bits per heavy atom. The predicted molar refractivity (Wildman–Crippen MR) is 57.8 cm³/mol. The topological polar surface area (TPSA) is 49.9 Å². The molecular weight excluding hydrogens is 184 g/mol. The van der Waals surface area contributed by atoms with Crippen LogP contribution in [0.15, 0.2) is 12.1 Å². The first-order valence-electron chi connectivity index (χ1n) is 4.15. The van der Waals surface area contributed by atoms with Crippen LogP contribution < -0.4 is 5.73 Å². The number of nitrogens with one attached hydrogen (secondary N) is 1. The van der Waals surface area contributed by atoms with Gasteiger partial charge in [-0.2, -0.15) is 0 Å². The molecule has 0 aromatic heterocycles. The van der Waals surface area contributed by atoms with Crippen molar-refractivity contribution >= 4 is 23.5 Å². The highest BCUT2D eigenvalue weighted by Crippen LogP contribution is 2.27. The fourth-order valence-electron chi connectivity index (χ4n) is 1.11. The molecule has 13 heavy (non-hydrogen) atoms. The van der Waals surface area contributed by atoms with Gasteiger partial charge in [-0.1, -0.05) is 25.4 Å². The lowest BCUT2D eigenvalue weighted by Crippen LogP contribution is -1.97. The Morgan fingerprint density at radius 3 is 2.54 bits per heavy atom. The molecule has 0 heterocycles. The number of anilines is 1. The minimum atomic E-state index is 0.400. The molecule has 0 saturated heterocycles. The van der Waals surface area contributed by atoms with E-state index in [1.807, 2.05) is 12.1 Å². The van der Waals surface area contributed by atoms with E-state index in [9.17, 15) is 0 Å². The second-order valence-corrected chi connectivity index (χ2v) is 3.71. The van der Waals surface area contributed by atoms with Crippen LogP contribution in [0.3, 0.4) is 0 Å². The van der Waals surface area contributed by atoms with E-state index in [1.54, 1.807) is 0 Å². The summed E-state index contributed by atoms with van der Waals surface area (Å²) in [5.41, 5.74) is 7.97. The summed E-state index contributed by atoms with van der Waals surface area (Å²) in [6.07, 6.45) is 1.23. The Kier molecular flexibility index (Phi) is 2.94. The van der Waals surface area contributed by atoms with Crippen LogP contribution in [0, 0.1) is 5.41 Å². The van der Waals surface area contributed by atoms with Crippen LogP contribution in [0.5, 0.6) is 0 Å². The van der Waals surface area contributed by atoms with Crippen LogP contribution in [0.1, 0.15) is 30.9 Å². The highest BCUT2D eigenvalue weighted by molar-refractivity contribution is 6.33. The van der Waals surface area contributed by atoms with Crippen molar-refractivity contribution in [1.82, 2.24) is 0 Å².